The molecule has 0 aliphatic rings. The number of hydrogen-bond donors (Lipinski definition) is 0. The maximum Gasteiger partial charge on any atom is 1.00 e. The third-order valence-corrected chi connectivity index (χ3v) is 1.93. The first-order valence-corrected chi connectivity index (χ1v) is 4.19. The van der Waals surface area contributed by atoms with Crippen molar-refractivity contribution in [2.24, 2.45) is 0 Å². The molecule has 1 aromatic carbocycles. The van der Waals surface area contributed by atoms with E-state index in [1.807, 2.05) is 0 Å². The van der Waals surface area contributed by atoms with Crippen LogP contribution in [0.25, 0.3) is 5.69 Å². The molecule has 0 atom stereocenters. The van der Waals surface area contributed by atoms with Crippen molar-refractivity contribution in [2.45, 2.75) is 0 Å². The molecule has 0 aliphatic carbocycles. The molecule has 0 saturated heterocycles. The Morgan fingerprint density at radius 1 is 1.31 bits per heavy atom. The SMILES string of the molecule is O=C([O-])c1nccn1-c1ccc(F)cc1.[Li+]. The first-order valence-electron chi connectivity index (χ1n) is 4.19. The van der Waals surface area contributed by atoms with Gasteiger partial charge in [0.15, 0.2) is 5.82 Å². The number of aromatic nitrogens is 2. The number of imidazole rings is 1. The number of benzene rings is 1. The second-order valence-electron chi connectivity index (χ2n) is 2.88. The fraction of sp³-hybridized carbons (Fsp3) is 0. The number of nitrogens with zero attached hydrogens (tertiary/aromatic N) is 2. The maximum atomic E-state index is 12.6. The monoisotopic (exact) mass is 212 g/mol. The summed E-state index contributed by atoms with van der Waals surface area (Å²) in [4.78, 5) is 14.3. The zero-order valence-electron chi connectivity index (χ0n) is 8.55. The second-order valence-corrected chi connectivity index (χ2v) is 2.88. The molecule has 0 fully saturated rings. The molecule has 16 heavy (non-hydrogen) atoms. The number of carbonyl (C=O) groups excluding carboxylic acids is 1. The van der Waals surface area contributed by atoms with E-state index >= 15 is 0 Å². The molecule has 2 rings (SSSR count). The van der Waals surface area contributed by atoms with Crippen LogP contribution in [0.3, 0.4) is 0 Å². The smallest absolute Gasteiger partial charge is 0.542 e. The summed E-state index contributed by atoms with van der Waals surface area (Å²) in [7, 11) is 0. The van der Waals surface area contributed by atoms with Gasteiger partial charge in [0.1, 0.15) is 11.8 Å². The molecule has 0 spiro atoms. The van der Waals surface area contributed by atoms with E-state index in [1.165, 1.54) is 41.2 Å². The number of hydrogen-bond acceptors (Lipinski definition) is 3. The molecule has 0 aliphatic heterocycles. The molecule has 0 saturated carbocycles. The van der Waals surface area contributed by atoms with Gasteiger partial charge in [-0.25, -0.2) is 9.37 Å². The predicted octanol–water partition coefficient (Wildman–Crippen LogP) is -2.62. The average Bonchev–Trinajstić information content (AvgIpc) is 2.67. The van der Waals surface area contributed by atoms with Crippen LogP contribution < -0.4 is 24.0 Å². The van der Waals surface area contributed by atoms with E-state index in [2.05, 4.69) is 4.98 Å². The van der Waals surface area contributed by atoms with Crippen LogP contribution in [0.1, 0.15) is 10.6 Å². The standard InChI is InChI=1S/C10H7FN2O2.Li/c11-7-1-3-8(4-2-7)13-6-5-12-9(13)10(14)15;/h1-6H,(H,14,15);/q;+1/p-1. The minimum absolute atomic E-state index is 0. The van der Waals surface area contributed by atoms with Crippen LogP contribution in [0.2, 0.25) is 0 Å². The van der Waals surface area contributed by atoms with Gasteiger partial charge in [0.05, 0.1) is 0 Å². The van der Waals surface area contributed by atoms with Gasteiger partial charge in [-0.05, 0) is 24.3 Å². The van der Waals surface area contributed by atoms with Gasteiger partial charge in [0.25, 0.3) is 0 Å². The number of rotatable bonds is 2. The minimum Gasteiger partial charge on any atom is -0.542 e. The molecular formula is C10H6FLiN2O2. The molecule has 0 amide bonds. The number of carbonyl (C=O) groups is 1. The van der Waals surface area contributed by atoms with Crippen molar-refractivity contribution in [1.82, 2.24) is 9.55 Å². The van der Waals surface area contributed by atoms with Crippen LogP contribution in [-0.4, -0.2) is 15.5 Å². The van der Waals surface area contributed by atoms with Crippen LogP contribution in [0.5, 0.6) is 0 Å². The van der Waals surface area contributed by atoms with Crippen molar-refractivity contribution in [1.29, 1.82) is 0 Å². The van der Waals surface area contributed by atoms with Gasteiger partial charge in [-0.2, -0.15) is 0 Å². The van der Waals surface area contributed by atoms with Gasteiger partial charge in [0, 0.05) is 18.1 Å². The molecule has 1 heterocycles. The summed E-state index contributed by atoms with van der Waals surface area (Å²) in [6, 6.07) is 5.41. The Bertz CT molecular complexity index is 496. The van der Waals surface area contributed by atoms with Gasteiger partial charge in [-0.15, -0.1) is 0 Å². The van der Waals surface area contributed by atoms with Gasteiger partial charge in [-0.1, -0.05) is 0 Å². The average molecular weight is 212 g/mol. The van der Waals surface area contributed by atoms with Gasteiger partial charge >= 0.3 is 18.9 Å². The van der Waals surface area contributed by atoms with E-state index in [-0.39, 0.29) is 30.5 Å². The summed E-state index contributed by atoms with van der Waals surface area (Å²) in [5.41, 5.74) is 0.521. The summed E-state index contributed by atoms with van der Waals surface area (Å²) in [5.74, 6) is -1.96. The van der Waals surface area contributed by atoms with Crippen molar-refractivity contribution < 1.29 is 33.2 Å². The zero-order chi connectivity index (χ0) is 10.8. The Morgan fingerprint density at radius 3 is 2.50 bits per heavy atom. The Balaban J connectivity index is 0.00000128. The topological polar surface area (TPSA) is 57.9 Å². The number of halogens is 1. The normalized spacial score (nSPS) is 9.56. The van der Waals surface area contributed by atoms with Crippen molar-refractivity contribution in [3.8, 4) is 5.69 Å². The third kappa shape index (κ3) is 2.32. The second kappa shape index (κ2) is 4.97. The Morgan fingerprint density at radius 2 is 1.94 bits per heavy atom. The number of carboxylic acids is 1. The summed E-state index contributed by atoms with van der Waals surface area (Å²) >= 11 is 0. The Hall–Kier alpha value is -1.57. The van der Waals surface area contributed by atoms with Crippen LogP contribution >= 0.6 is 0 Å². The molecule has 0 N–H and O–H groups in total. The summed E-state index contributed by atoms with van der Waals surface area (Å²) in [6.45, 7) is 0. The quantitative estimate of drug-likeness (QED) is 0.512. The first-order chi connectivity index (χ1) is 7.18. The van der Waals surface area contributed by atoms with Gasteiger partial charge in [-0.3, -0.25) is 4.57 Å². The van der Waals surface area contributed by atoms with Crippen LogP contribution in [0, 0.1) is 5.82 Å². The molecule has 0 bridgehead atoms. The van der Waals surface area contributed by atoms with Crippen LogP contribution in [0.4, 0.5) is 4.39 Å². The first kappa shape index (κ1) is 12.5. The van der Waals surface area contributed by atoms with E-state index in [4.69, 9.17) is 0 Å². The summed E-state index contributed by atoms with van der Waals surface area (Å²) in [5, 5.41) is 10.7. The fourth-order valence-electron chi connectivity index (χ4n) is 1.26. The molecule has 1 aromatic heterocycles. The molecule has 76 valence electrons. The predicted molar refractivity (Wildman–Crippen MR) is 47.9 cm³/mol. The molecule has 2 aromatic rings. The van der Waals surface area contributed by atoms with Crippen LogP contribution in [-0.2, 0) is 0 Å². The number of carboxylic acid groups (broad SMARTS) is 1. The minimum atomic E-state index is -1.37. The fourth-order valence-corrected chi connectivity index (χ4v) is 1.26. The van der Waals surface area contributed by atoms with E-state index in [0.717, 1.165) is 0 Å². The maximum absolute atomic E-state index is 12.6. The molecule has 6 heteroatoms. The summed E-state index contributed by atoms with van der Waals surface area (Å²) < 4.78 is 13.9. The van der Waals surface area contributed by atoms with E-state index in [1.54, 1.807) is 0 Å². The van der Waals surface area contributed by atoms with Crippen molar-refractivity contribution in [3.63, 3.8) is 0 Å². The summed E-state index contributed by atoms with van der Waals surface area (Å²) in [6.07, 6.45) is 2.81. The number of aromatic carboxylic acids is 1. The van der Waals surface area contributed by atoms with E-state index < -0.39 is 5.97 Å². The molecule has 4 nitrogen and oxygen atoms in total. The van der Waals surface area contributed by atoms with Gasteiger partial charge < -0.3 is 9.90 Å². The van der Waals surface area contributed by atoms with Crippen LogP contribution in [0.15, 0.2) is 36.7 Å². The van der Waals surface area contributed by atoms with Gasteiger partial charge in [0.2, 0.25) is 0 Å². The zero-order valence-corrected chi connectivity index (χ0v) is 8.55. The Kier molecular flexibility index (Phi) is 3.88. The van der Waals surface area contributed by atoms with E-state index in [0.29, 0.717) is 5.69 Å². The van der Waals surface area contributed by atoms with Crippen molar-refractivity contribution in [3.05, 3.63) is 48.3 Å². The molecular weight excluding hydrogens is 206 g/mol. The molecule has 0 unspecified atom stereocenters. The van der Waals surface area contributed by atoms with Crippen molar-refractivity contribution in [2.75, 3.05) is 0 Å². The van der Waals surface area contributed by atoms with E-state index in [9.17, 15) is 14.3 Å². The Labute approximate surface area is 103 Å². The molecule has 0 radical (unpaired) electrons. The largest absolute Gasteiger partial charge is 1.00 e. The third-order valence-electron chi connectivity index (χ3n) is 1.93. The van der Waals surface area contributed by atoms with Crippen molar-refractivity contribution >= 4 is 5.97 Å².